The highest BCUT2D eigenvalue weighted by atomic mass is 32.2. The molecule has 10 heteroatoms. The van der Waals surface area contributed by atoms with E-state index in [4.69, 9.17) is 0 Å². The summed E-state index contributed by atoms with van der Waals surface area (Å²) >= 11 is 0. The number of nitrogens with zero attached hydrogens (tertiary/aromatic N) is 1. The van der Waals surface area contributed by atoms with E-state index < -0.39 is 39.5 Å². The number of fused-ring (bicyclic) bond motifs is 1. The molecule has 0 heterocycles. The first-order valence-corrected chi connectivity index (χ1v) is 14.6. The van der Waals surface area contributed by atoms with Gasteiger partial charge in [-0.25, -0.2) is 17.5 Å². The van der Waals surface area contributed by atoms with Crippen molar-refractivity contribution >= 4 is 44.2 Å². The molecule has 0 aliphatic rings. The summed E-state index contributed by atoms with van der Waals surface area (Å²) in [7, 11) is -4.26. The van der Waals surface area contributed by atoms with Crippen molar-refractivity contribution < 1.29 is 27.2 Å². The molecule has 4 aromatic carbocycles. The largest absolute Gasteiger partial charge is 0.343 e. The lowest BCUT2D eigenvalue weighted by molar-refractivity contribution is -0.141. The van der Waals surface area contributed by atoms with Gasteiger partial charge >= 0.3 is 0 Å². The van der Waals surface area contributed by atoms with Crippen molar-refractivity contribution in [1.82, 2.24) is 9.62 Å². The maximum absolute atomic E-state index is 13.9. The summed E-state index contributed by atoms with van der Waals surface area (Å²) < 4.78 is 42.3. The number of carbonyl (C=O) groups excluding carboxylic acids is 3. The molecule has 0 radical (unpaired) electrons. The Balaban J connectivity index is 1.54. The number of carbonyl (C=O) groups is 3. The lowest BCUT2D eigenvalue weighted by Crippen LogP contribution is -2.46. The van der Waals surface area contributed by atoms with Gasteiger partial charge in [0.25, 0.3) is 15.9 Å². The molecule has 0 saturated carbocycles. The van der Waals surface area contributed by atoms with Crippen LogP contribution in [0, 0.1) is 11.7 Å². The second-order valence-corrected chi connectivity index (χ2v) is 11.1. The van der Waals surface area contributed by atoms with Gasteiger partial charge in [0.1, 0.15) is 11.7 Å². The number of amides is 3. The molecule has 0 unspecified atom stereocenters. The van der Waals surface area contributed by atoms with Crippen molar-refractivity contribution in [2.75, 3.05) is 18.4 Å². The molecule has 4 aromatic rings. The Kier molecular flexibility index (Phi) is 9.14. The molecular formula is C31H30FN3O5S. The first kappa shape index (κ1) is 29.4. The lowest BCUT2D eigenvalue weighted by atomic mass is 9.97. The molecule has 0 aliphatic heterocycles. The molecule has 3 amide bonds. The van der Waals surface area contributed by atoms with Crippen LogP contribution in [0.1, 0.15) is 29.8 Å². The fraction of sp³-hybridized carbons (Fsp3) is 0.194. The Morgan fingerprint density at radius 3 is 2.12 bits per heavy atom. The third-order valence-electron chi connectivity index (χ3n) is 6.73. The summed E-state index contributed by atoms with van der Waals surface area (Å²) in [6.45, 7) is 4.24. The van der Waals surface area contributed by atoms with Crippen LogP contribution in [0.25, 0.3) is 10.8 Å². The number of rotatable bonds is 10. The van der Waals surface area contributed by atoms with Crippen molar-refractivity contribution in [2.24, 2.45) is 5.92 Å². The van der Waals surface area contributed by atoms with Crippen LogP contribution in [-0.2, 0) is 26.0 Å². The summed E-state index contributed by atoms with van der Waals surface area (Å²) in [5, 5.41) is 4.15. The number of anilines is 1. The fourth-order valence-corrected chi connectivity index (χ4v) is 5.50. The van der Waals surface area contributed by atoms with Crippen molar-refractivity contribution in [3.05, 3.63) is 108 Å². The van der Waals surface area contributed by atoms with Gasteiger partial charge in [-0.05, 0) is 73.0 Å². The highest BCUT2D eigenvalue weighted by Crippen LogP contribution is 2.21. The number of benzene rings is 4. The van der Waals surface area contributed by atoms with Gasteiger partial charge in [-0.2, -0.15) is 0 Å². The lowest BCUT2D eigenvalue weighted by Gasteiger charge is -2.25. The molecule has 1 atom stereocenters. The Morgan fingerprint density at radius 2 is 1.46 bits per heavy atom. The van der Waals surface area contributed by atoms with E-state index in [0.717, 1.165) is 5.39 Å². The predicted octanol–water partition coefficient (Wildman–Crippen LogP) is 4.76. The Labute approximate surface area is 238 Å². The Bertz CT molecular complexity index is 1690. The van der Waals surface area contributed by atoms with Crippen LogP contribution in [0.2, 0.25) is 0 Å². The van der Waals surface area contributed by atoms with Gasteiger partial charge in [0, 0.05) is 18.8 Å². The maximum Gasteiger partial charge on any atom is 0.264 e. The smallest absolute Gasteiger partial charge is 0.264 e. The molecule has 0 spiro atoms. The minimum Gasteiger partial charge on any atom is -0.343 e. The number of nitrogens with one attached hydrogen (secondary N) is 2. The third kappa shape index (κ3) is 6.96. The van der Waals surface area contributed by atoms with E-state index in [1.165, 1.54) is 35.2 Å². The van der Waals surface area contributed by atoms with E-state index in [1.807, 2.05) is 12.1 Å². The Hall–Kier alpha value is -4.57. The number of halogens is 1. The molecule has 0 bridgehead atoms. The molecule has 0 saturated heterocycles. The highest BCUT2D eigenvalue weighted by molar-refractivity contribution is 7.90. The normalized spacial score (nSPS) is 12.0. The average Bonchev–Trinajstić information content (AvgIpc) is 2.97. The monoisotopic (exact) mass is 575 g/mol. The average molecular weight is 576 g/mol. The van der Waals surface area contributed by atoms with Crippen LogP contribution >= 0.6 is 0 Å². The summed E-state index contributed by atoms with van der Waals surface area (Å²) in [4.78, 5) is 40.5. The zero-order valence-corrected chi connectivity index (χ0v) is 23.5. The zero-order valence-electron chi connectivity index (χ0n) is 22.6. The van der Waals surface area contributed by atoms with Crippen LogP contribution in [0.15, 0.2) is 95.9 Å². The zero-order chi connectivity index (χ0) is 29.6. The minimum atomic E-state index is -4.26. The van der Waals surface area contributed by atoms with Crippen molar-refractivity contribution in [1.29, 1.82) is 0 Å². The first-order valence-electron chi connectivity index (χ1n) is 13.1. The highest BCUT2D eigenvalue weighted by Gasteiger charge is 2.33. The molecule has 0 fully saturated rings. The molecule has 4 rings (SSSR count). The Morgan fingerprint density at radius 1 is 0.829 bits per heavy atom. The molecule has 41 heavy (non-hydrogen) atoms. The first-order chi connectivity index (χ1) is 19.6. The van der Waals surface area contributed by atoms with Gasteiger partial charge in [-0.15, -0.1) is 0 Å². The number of hydrogen-bond donors (Lipinski definition) is 2. The van der Waals surface area contributed by atoms with E-state index in [-0.39, 0.29) is 16.9 Å². The van der Waals surface area contributed by atoms with Gasteiger partial charge < -0.3 is 10.2 Å². The molecule has 2 N–H and O–H groups in total. The number of sulfonamides is 1. The maximum atomic E-state index is 13.9. The topological polar surface area (TPSA) is 113 Å². The van der Waals surface area contributed by atoms with E-state index in [0.29, 0.717) is 29.7 Å². The third-order valence-corrected chi connectivity index (χ3v) is 8.07. The second-order valence-electron chi connectivity index (χ2n) is 9.38. The van der Waals surface area contributed by atoms with Gasteiger partial charge in [0.05, 0.1) is 10.5 Å². The SMILES string of the molecule is CCN(CC)C(=O)[C@H](Cc1ccc(NC(=O)c2ccccc2F)cc1)C(=O)NS(=O)(=O)c1ccc2ccccc2c1. The van der Waals surface area contributed by atoms with Gasteiger partial charge in [-0.1, -0.05) is 54.6 Å². The molecule has 0 aliphatic carbocycles. The number of hydrogen-bond acceptors (Lipinski definition) is 5. The van der Waals surface area contributed by atoms with Crippen molar-refractivity contribution in [2.45, 2.75) is 25.2 Å². The van der Waals surface area contributed by atoms with E-state index >= 15 is 0 Å². The van der Waals surface area contributed by atoms with Crippen LogP contribution in [0.4, 0.5) is 10.1 Å². The molecule has 8 nitrogen and oxygen atoms in total. The van der Waals surface area contributed by atoms with Crippen molar-refractivity contribution in [3.63, 3.8) is 0 Å². The molecule has 0 aromatic heterocycles. The second kappa shape index (κ2) is 12.7. The standard InChI is InChI=1S/C31H30FN3O5S/c1-3-35(4-2)31(38)27(30(37)34-41(39,40)25-18-15-22-9-5-6-10-23(22)20-25)19-21-13-16-24(17-14-21)33-29(36)26-11-7-8-12-28(26)32/h5-18,20,27H,3-4,19H2,1-2H3,(H,33,36)(H,34,37)/t27-/m1/s1. The van der Waals surface area contributed by atoms with E-state index in [9.17, 15) is 27.2 Å². The minimum absolute atomic E-state index is 0.0735. The van der Waals surface area contributed by atoms with E-state index in [2.05, 4.69) is 10.0 Å². The van der Waals surface area contributed by atoms with Crippen LogP contribution in [0.5, 0.6) is 0 Å². The summed E-state index contributed by atoms with van der Waals surface area (Å²) in [5.41, 5.74) is 0.848. The fourth-order valence-electron chi connectivity index (χ4n) is 4.45. The quantitative estimate of drug-likeness (QED) is 0.265. The summed E-state index contributed by atoms with van der Waals surface area (Å²) in [5.74, 6) is -4.03. The van der Waals surface area contributed by atoms with Crippen LogP contribution < -0.4 is 10.0 Å². The van der Waals surface area contributed by atoms with Crippen LogP contribution in [-0.4, -0.2) is 44.1 Å². The van der Waals surface area contributed by atoms with Crippen LogP contribution in [0.3, 0.4) is 0 Å². The molecule has 212 valence electrons. The predicted molar refractivity (Wildman–Crippen MR) is 155 cm³/mol. The van der Waals surface area contributed by atoms with Gasteiger partial charge in [0.2, 0.25) is 11.8 Å². The molecular weight excluding hydrogens is 545 g/mol. The summed E-state index contributed by atoms with van der Waals surface area (Å²) in [6, 6.07) is 23.7. The van der Waals surface area contributed by atoms with Crippen molar-refractivity contribution in [3.8, 4) is 0 Å². The van der Waals surface area contributed by atoms with E-state index in [1.54, 1.807) is 62.4 Å². The summed E-state index contributed by atoms with van der Waals surface area (Å²) in [6.07, 6.45) is -0.0735. The van der Waals surface area contributed by atoms with Gasteiger partial charge in [0.15, 0.2) is 0 Å². The van der Waals surface area contributed by atoms with Gasteiger partial charge in [-0.3, -0.25) is 14.4 Å².